The van der Waals surface area contributed by atoms with E-state index in [0.717, 1.165) is 18.0 Å². The van der Waals surface area contributed by atoms with Gasteiger partial charge in [0.05, 0.1) is 10.5 Å². The molecule has 0 aromatic carbocycles. The first-order valence-electron chi connectivity index (χ1n) is 5.43. The molecule has 2 heterocycles. The Balaban J connectivity index is 2.38. The Bertz CT molecular complexity index is 755. The van der Waals surface area contributed by atoms with Crippen molar-refractivity contribution >= 4 is 23.4 Å². The number of nitrogens with zero attached hydrogens (tertiary/aromatic N) is 4. The van der Waals surface area contributed by atoms with Gasteiger partial charge in [0.2, 0.25) is 0 Å². The van der Waals surface area contributed by atoms with Gasteiger partial charge in [-0.25, -0.2) is 14.8 Å². The first-order chi connectivity index (χ1) is 10.0. The van der Waals surface area contributed by atoms with Crippen LogP contribution >= 0.6 is 11.8 Å². The van der Waals surface area contributed by atoms with E-state index in [1.165, 1.54) is 24.4 Å². The molecule has 2 aromatic rings. The summed E-state index contributed by atoms with van der Waals surface area (Å²) in [6.07, 6.45) is 2.43. The smallest absolute Gasteiger partial charge is 0.337 e. The lowest BCUT2D eigenvalue weighted by atomic mass is 10.2. The Morgan fingerprint density at radius 3 is 2.67 bits per heavy atom. The molecule has 0 bridgehead atoms. The standard InChI is InChI=1S/C12H6N4O4S/c13-5-7-3-4-14-11(10(7)16(19)20)21-9-2-1-8(6-15-9)12(17)18/h1-4,6H,(H,17,18). The Labute approximate surface area is 122 Å². The van der Waals surface area contributed by atoms with Crippen LogP contribution in [-0.2, 0) is 0 Å². The predicted molar refractivity (Wildman–Crippen MR) is 70.9 cm³/mol. The fraction of sp³-hybridized carbons (Fsp3) is 0. The molecule has 0 saturated heterocycles. The van der Waals surface area contributed by atoms with E-state index >= 15 is 0 Å². The van der Waals surface area contributed by atoms with Crippen molar-refractivity contribution in [1.29, 1.82) is 5.26 Å². The molecule has 9 heteroatoms. The zero-order valence-corrected chi connectivity index (χ0v) is 11.1. The number of aromatic nitrogens is 2. The SMILES string of the molecule is N#Cc1ccnc(Sc2ccc(C(=O)O)cn2)c1[N+](=O)[O-]. The van der Waals surface area contributed by atoms with Crippen LogP contribution in [0.4, 0.5) is 5.69 Å². The van der Waals surface area contributed by atoms with Crippen molar-refractivity contribution in [3.63, 3.8) is 0 Å². The Hall–Kier alpha value is -2.99. The van der Waals surface area contributed by atoms with Gasteiger partial charge in [-0.15, -0.1) is 0 Å². The molecule has 8 nitrogen and oxygen atoms in total. The van der Waals surface area contributed by atoms with Crippen LogP contribution in [-0.4, -0.2) is 26.0 Å². The Morgan fingerprint density at radius 1 is 1.38 bits per heavy atom. The summed E-state index contributed by atoms with van der Waals surface area (Å²) in [6.45, 7) is 0. The van der Waals surface area contributed by atoms with Crippen LogP contribution in [0.15, 0.2) is 40.6 Å². The van der Waals surface area contributed by atoms with Crippen LogP contribution in [0, 0.1) is 21.4 Å². The molecule has 0 amide bonds. The van der Waals surface area contributed by atoms with Crippen molar-refractivity contribution < 1.29 is 14.8 Å². The quantitative estimate of drug-likeness (QED) is 0.671. The second kappa shape index (κ2) is 5.98. The van der Waals surface area contributed by atoms with Crippen molar-refractivity contribution in [1.82, 2.24) is 9.97 Å². The van der Waals surface area contributed by atoms with Gasteiger partial charge in [0.1, 0.15) is 16.7 Å². The van der Waals surface area contributed by atoms with Crippen molar-refractivity contribution in [2.45, 2.75) is 10.1 Å². The highest BCUT2D eigenvalue weighted by Crippen LogP contribution is 2.33. The minimum absolute atomic E-state index is 0.00702. The molecule has 1 N–H and O–H groups in total. The average Bonchev–Trinajstić information content (AvgIpc) is 2.47. The molecule has 2 aromatic heterocycles. The molecule has 2 rings (SSSR count). The number of pyridine rings is 2. The molecule has 21 heavy (non-hydrogen) atoms. The summed E-state index contributed by atoms with van der Waals surface area (Å²) in [4.78, 5) is 28.8. The van der Waals surface area contributed by atoms with E-state index in [9.17, 15) is 14.9 Å². The second-order valence-electron chi connectivity index (χ2n) is 3.67. The van der Waals surface area contributed by atoms with Gasteiger partial charge < -0.3 is 5.11 Å². The zero-order valence-electron chi connectivity index (χ0n) is 10.3. The fourth-order valence-corrected chi connectivity index (χ4v) is 2.28. The third-order valence-corrected chi connectivity index (χ3v) is 3.32. The highest BCUT2D eigenvalue weighted by atomic mass is 32.2. The highest BCUT2D eigenvalue weighted by molar-refractivity contribution is 7.99. The molecular formula is C12H6N4O4S. The summed E-state index contributed by atoms with van der Waals surface area (Å²) in [7, 11) is 0. The molecule has 0 radical (unpaired) electrons. The van der Waals surface area contributed by atoms with Gasteiger partial charge in [-0.3, -0.25) is 10.1 Å². The van der Waals surface area contributed by atoms with Gasteiger partial charge in [0.25, 0.3) is 0 Å². The lowest BCUT2D eigenvalue weighted by Crippen LogP contribution is -1.98. The minimum atomic E-state index is -1.12. The predicted octanol–water partition coefficient (Wildman–Crippen LogP) is 2.11. The summed E-state index contributed by atoms with van der Waals surface area (Å²) in [6, 6.07) is 5.73. The summed E-state index contributed by atoms with van der Waals surface area (Å²) < 4.78 is 0. The number of carboxylic acids is 1. The molecule has 104 valence electrons. The van der Waals surface area contributed by atoms with Gasteiger partial charge in [-0.1, -0.05) is 0 Å². The van der Waals surface area contributed by atoms with Gasteiger partial charge in [0, 0.05) is 12.4 Å². The summed E-state index contributed by atoms with van der Waals surface area (Å²) >= 11 is 0.885. The maximum Gasteiger partial charge on any atom is 0.337 e. The van der Waals surface area contributed by atoms with E-state index in [4.69, 9.17) is 10.4 Å². The molecule has 0 atom stereocenters. The number of aromatic carboxylic acids is 1. The number of hydrogen-bond acceptors (Lipinski definition) is 7. The maximum atomic E-state index is 11.0. The lowest BCUT2D eigenvalue weighted by molar-refractivity contribution is -0.388. The van der Waals surface area contributed by atoms with Crippen LogP contribution < -0.4 is 0 Å². The molecule has 0 saturated carbocycles. The molecule has 0 fully saturated rings. The largest absolute Gasteiger partial charge is 0.478 e. The van der Waals surface area contributed by atoms with Gasteiger partial charge in [-0.2, -0.15) is 5.26 Å². The first kappa shape index (κ1) is 14.4. The van der Waals surface area contributed by atoms with E-state index in [-0.39, 0.29) is 16.2 Å². The molecular weight excluding hydrogens is 296 g/mol. The van der Waals surface area contributed by atoms with Crippen LogP contribution in [0.2, 0.25) is 0 Å². The van der Waals surface area contributed by atoms with E-state index < -0.39 is 16.6 Å². The molecule has 0 aliphatic heterocycles. The highest BCUT2D eigenvalue weighted by Gasteiger charge is 2.22. The Kier molecular flexibility index (Phi) is 4.10. The van der Waals surface area contributed by atoms with Crippen molar-refractivity contribution in [3.8, 4) is 6.07 Å². The van der Waals surface area contributed by atoms with Crippen LogP contribution in [0.5, 0.6) is 0 Å². The maximum absolute atomic E-state index is 11.0. The van der Waals surface area contributed by atoms with E-state index in [1.54, 1.807) is 6.07 Å². The van der Waals surface area contributed by atoms with Crippen LogP contribution in [0.25, 0.3) is 0 Å². The van der Waals surface area contributed by atoms with Crippen molar-refractivity contribution in [3.05, 3.63) is 51.8 Å². The second-order valence-corrected chi connectivity index (χ2v) is 4.68. The summed E-state index contributed by atoms with van der Waals surface area (Å²) in [5.41, 5.74) is -0.485. The van der Waals surface area contributed by atoms with Gasteiger partial charge >= 0.3 is 11.7 Å². The lowest BCUT2D eigenvalue weighted by Gasteiger charge is -2.02. The minimum Gasteiger partial charge on any atom is -0.478 e. The monoisotopic (exact) mass is 302 g/mol. The Morgan fingerprint density at radius 2 is 2.14 bits per heavy atom. The third kappa shape index (κ3) is 3.13. The summed E-state index contributed by atoms with van der Waals surface area (Å²) in [5, 5.41) is 29.0. The van der Waals surface area contributed by atoms with Gasteiger partial charge in [0.15, 0.2) is 5.03 Å². The number of nitriles is 1. The fourth-order valence-electron chi connectivity index (χ4n) is 1.44. The topological polar surface area (TPSA) is 130 Å². The van der Waals surface area contributed by atoms with E-state index in [0.29, 0.717) is 5.03 Å². The molecule has 0 aliphatic rings. The first-order valence-corrected chi connectivity index (χ1v) is 6.25. The van der Waals surface area contributed by atoms with Crippen LogP contribution in [0.1, 0.15) is 15.9 Å². The van der Waals surface area contributed by atoms with Crippen molar-refractivity contribution in [2.75, 3.05) is 0 Å². The average molecular weight is 302 g/mol. The van der Waals surface area contributed by atoms with Crippen LogP contribution in [0.3, 0.4) is 0 Å². The molecule has 0 unspecified atom stereocenters. The van der Waals surface area contributed by atoms with E-state index in [1.807, 2.05) is 0 Å². The normalized spacial score (nSPS) is 9.86. The van der Waals surface area contributed by atoms with Gasteiger partial charge in [-0.05, 0) is 30.0 Å². The zero-order chi connectivity index (χ0) is 15.4. The third-order valence-electron chi connectivity index (χ3n) is 2.38. The number of rotatable bonds is 4. The molecule has 0 aliphatic carbocycles. The summed E-state index contributed by atoms with van der Waals surface area (Å²) in [5.74, 6) is -1.12. The number of carboxylic acid groups (broad SMARTS) is 1. The van der Waals surface area contributed by atoms with Crippen molar-refractivity contribution in [2.24, 2.45) is 0 Å². The number of nitro groups is 1. The number of hydrogen-bond donors (Lipinski definition) is 1. The molecule has 0 spiro atoms. The van der Waals surface area contributed by atoms with E-state index in [2.05, 4.69) is 9.97 Å². The number of carbonyl (C=O) groups is 1.